The van der Waals surface area contributed by atoms with Gasteiger partial charge in [-0.2, -0.15) is 0 Å². The number of nitrogens with zero attached hydrogens (tertiary/aromatic N) is 1. The van der Waals surface area contributed by atoms with E-state index in [0.717, 1.165) is 22.7 Å². The molecule has 0 spiro atoms. The average molecular weight is 377 g/mol. The van der Waals surface area contributed by atoms with E-state index in [9.17, 15) is 4.79 Å². The van der Waals surface area contributed by atoms with Gasteiger partial charge in [0.2, 0.25) is 0 Å². The van der Waals surface area contributed by atoms with Crippen molar-refractivity contribution in [2.75, 3.05) is 25.6 Å². The molecule has 6 heteroatoms. The summed E-state index contributed by atoms with van der Waals surface area (Å²) in [5.74, 6) is 0.608. The smallest absolute Gasteiger partial charge is 0.253 e. The van der Waals surface area contributed by atoms with Crippen LogP contribution >= 0.6 is 0 Å². The summed E-state index contributed by atoms with van der Waals surface area (Å²) in [6.07, 6.45) is 3.21. The lowest BCUT2D eigenvalue weighted by Crippen LogP contribution is -2.27. The molecule has 0 radical (unpaired) electrons. The molecule has 3 aromatic rings. The fraction of sp³-hybridized carbons (Fsp3) is 0.182. The molecule has 2 aromatic carbocycles. The van der Waals surface area contributed by atoms with Gasteiger partial charge in [0.1, 0.15) is 12.4 Å². The third kappa shape index (κ3) is 5.82. The van der Waals surface area contributed by atoms with Crippen molar-refractivity contribution in [1.29, 1.82) is 0 Å². The van der Waals surface area contributed by atoms with Gasteiger partial charge in [-0.3, -0.25) is 9.78 Å². The molecule has 1 amide bonds. The first-order chi connectivity index (χ1) is 13.7. The average Bonchev–Trinajstić information content (AvgIpc) is 2.74. The summed E-state index contributed by atoms with van der Waals surface area (Å²) < 4.78 is 10.7. The number of pyridine rings is 1. The zero-order valence-corrected chi connectivity index (χ0v) is 15.7. The lowest BCUT2D eigenvalue weighted by atomic mass is 10.2. The molecule has 1 heterocycles. The van der Waals surface area contributed by atoms with Gasteiger partial charge in [0.05, 0.1) is 24.1 Å². The summed E-state index contributed by atoms with van der Waals surface area (Å²) in [6, 6.07) is 19.4. The Bertz CT molecular complexity index is 883. The number of rotatable bonds is 9. The highest BCUT2D eigenvalue weighted by Crippen LogP contribution is 2.21. The standard InChI is InChI=1S/C22H23N3O3/c1-27-12-11-24-22(26)18-13-20(15-23-14-18)25-19-7-9-21(10-8-19)28-16-17-5-3-2-4-6-17/h2-10,13-15,25H,11-12,16H2,1H3,(H,24,26). The van der Waals surface area contributed by atoms with Gasteiger partial charge in [-0.25, -0.2) is 0 Å². The number of hydrogen-bond donors (Lipinski definition) is 2. The van der Waals surface area contributed by atoms with E-state index < -0.39 is 0 Å². The van der Waals surface area contributed by atoms with Crippen molar-refractivity contribution >= 4 is 17.3 Å². The van der Waals surface area contributed by atoms with Crippen molar-refractivity contribution in [3.63, 3.8) is 0 Å². The van der Waals surface area contributed by atoms with Crippen LogP contribution in [0.4, 0.5) is 11.4 Å². The topological polar surface area (TPSA) is 72.5 Å². The Morgan fingerprint density at radius 3 is 2.54 bits per heavy atom. The van der Waals surface area contributed by atoms with Crippen molar-refractivity contribution in [2.24, 2.45) is 0 Å². The lowest BCUT2D eigenvalue weighted by molar-refractivity contribution is 0.0937. The summed E-state index contributed by atoms with van der Waals surface area (Å²) in [7, 11) is 1.59. The lowest BCUT2D eigenvalue weighted by Gasteiger charge is -2.10. The van der Waals surface area contributed by atoms with Gasteiger partial charge >= 0.3 is 0 Å². The first-order valence-electron chi connectivity index (χ1n) is 9.00. The number of amides is 1. The van der Waals surface area contributed by atoms with Gasteiger partial charge in [0.25, 0.3) is 5.91 Å². The van der Waals surface area contributed by atoms with Crippen LogP contribution in [-0.2, 0) is 11.3 Å². The Morgan fingerprint density at radius 1 is 1.00 bits per heavy atom. The maximum absolute atomic E-state index is 12.1. The van der Waals surface area contributed by atoms with E-state index in [0.29, 0.717) is 25.3 Å². The summed E-state index contributed by atoms with van der Waals surface area (Å²) in [6.45, 7) is 1.45. The van der Waals surface area contributed by atoms with Gasteiger partial charge in [0, 0.05) is 25.5 Å². The first kappa shape index (κ1) is 19.4. The van der Waals surface area contributed by atoms with Gasteiger partial charge in [-0.1, -0.05) is 30.3 Å². The molecular formula is C22H23N3O3. The maximum Gasteiger partial charge on any atom is 0.253 e. The van der Waals surface area contributed by atoms with Crippen molar-refractivity contribution in [3.8, 4) is 5.75 Å². The van der Waals surface area contributed by atoms with Gasteiger partial charge in [0.15, 0.2) is 0 Å². The Labute approximate surface area is 164 Å². The van der Waals surface area contributed by atoms with Crippen LogP contribution in [0.25, 0.3) is 0 Å². The Hall–Kier alpha value is -3.38. The van der Waals surface area contributed by atoms with Crippen LogP contribution in [0.3, 0.4) is 0 Å². The Morgan fingerprint density at radius 2 is 1.79 bits per heavy atom. The Kier molecular flexibility index (Phi) is 6.98. The number of benzene rings is 2. The highest BCUT2D eigenvalue weighted by molar-refractivity contribution is 5.94. The molecule has 0 saturated heterocycles. The normalized spacial score (nSPS) is 10.3. The second kappa shape index (κ2) is 10.1. The van der Waals surface area contributed by atoms with E-state index in [1.807, 2.05) is 54.6 Å². The molecule has 0 fully saturated rings. The zero-order chi connectivity index (χ0) is 19.6. The highest BCUT2D eigenvalue weighted by Gasteiger charge is 2.07. The third-order valence-electron chi connectivity index (χ3n) is 3.98. The van der Waals surface area contributed by atoms with Crippen LogP contribution < -0.4 is 15.4 Å². The zero-order valence-electron chi connectivity index (χ0n) is 15.7. The van der Waals surface area contributed by atoms with E-state index in [4.69, 9.17) is 9.47 Å². The highest BCUT2D eigenvalue weighted by atomic mass is 16.5. The molecule has 0 aliphatic rings. The number of anilines is 2. The molecule has 0 aliphatic heterocycles. The number of aromatic nitrogens is 1. The van der Waals surface area contributed by atoms with Gasteiger partial charge < -0.3 is 20.1 Å². The number of hydrogen-bond acceptors (Lipinski definition) is 5. The van der Waals surface area contributed by atoms with Crippen LogP contribution in [0.2, 0.25) is 0 Å². The summed E-state index contributed by atoms with van der Waals surface area (Å²) >= 11 is 0. The predicted molar refractivity (Wildman–Crippen MR) is 109 cm³/mol. The van der Waals surface area contributed by atoms with Crippen LogP contribution in [0.15, 0.2) is 73.1 Å². The van der Waals surface area contributed by atoms with E-state index in [1.165, 1.54) is 6.20 Å². The largest absolute Gasteiger partial charge is 0.489 e. The number of ether oxygens (including phenoxy) is 2. The van der Waals surface area contributed by atoms with E-state index in [2.05, 4.69) is 15.6 Å². The predicted octanol–water partition coefficient (Wildman–Crippen LogP) is 3.78. The minimum Gasteiger partial charge on any atom is -0.489 e. The Balaban J connectivity index is 1.56. The molecule has 28 heavy (non-hydrogen) atoms. The third-order valence-corrected chi connectivity index (χ3v) is 3.98. The quantitative estimate of drug-likeness (QED) is 0.555. The van der Waals surface area contributed by atoms with Crippen LogP contribution in [0.5, 0.6) is 5.75 Å². The molecule has 0 saturated carbocycles. The number of methoxy groups -OCH3 is 1. The molecule has 3 rings (SSSR count). The van der Waals surface area contributed by atoms with Crippen molar-refractivity contribution < 1.29 is 14.3 Å². The van der Waals surface area contributed by atoms with E-state index >= 15 is 0 Å². The van der Waals surface area contributed by atoms with E-state index in [-0.39, 0.29) is 5.91 Å². The molecule has 0 unspecified atom stereocenters. The fourth-order valence-electron chi connectivity index (χ4n) is 2.54. The molecule has 1 aromatic heterocycles. The molecule has 0 atom stereocenters. The SMILES string of the molecule is COCCNC(=O)c1cncc(Nc2ccc(OCc3ccccc3)cc2)c1. The molecule has 2 N–H and O–H groups in total. The first-order valence-corrected chi connectivity index (χ1v) is 9.00. The molecular weight excluding hydrogens is 354 g/mol. The van der Waals surface area contributed by atoms with E-state index in [1.54, 1.807) is 19.4 Å². The number of carbonyl (C=O) groups is 1. The molecule has 0 aliphatic carbocycles. The van der Waals surface area contributed by atoms with Crippen molar-refractivity contribution in [3.05, 3.63) is 84.2 Å². The van der Waals surface area contributed by atoms with Crippen molar-refractivity contribution in [2.45, 2.75) is 6.61 Å². The second-order valence-corrected chi connectivity index (χ2v) is 6.13. The van der Waals surface area contributed by atoms with Crippen LogP contribution in [-0.4, -0.2) is 31.2 Å². The van der Waals surface area contributed by atoms with Crippen LogP contribution in [0, 0.1) is 0 Å². The fourth-order valence-corrected chi connectivity index (χ4v) is 2.54. The molecule has 6 nitrogen and oxygen atoms in total. The second-order valence-electron chi connectivity index (χ2n) is 6.13. The van der Waals surface area contributed by atoms with Crippen molar-refractivity contribution in [1.82, 2.24) is 10.3 Å². The molecule has 0 bridgehead atoms. The summed E-state index contributed by atoms with van der Waals surface area (Å²) in [4.78, 5) is 16.2. The minimum atomic E-state index is -0.183. The number of carbonyl (C=O) groups excluding carboxylic acids is 1. The van der Waals surface area contributed by atoms with Gasteiger partial charge in [-0.15, -0.1) is 0 Å². The van der Waals surface area contributed by atoms with Gasteiger partial charge in [-0.05, 0) is 35.9 Å². The minimum absolute atomic E-state index is 0.183. The number of nitrogens with one attached hydrogen (secondary N) is 2. The summed E-state index contributed by atoms with van der Waals surface area (Å²) in [5, 5.41) is 6.02. The molecule has 144 valence electrons. The summed E-state index contributed by atoms with van der Waals surface area (Å²) in [5.41, 5.74) is 3.23. The van der Waals surface area contributed by atoms with Crippen LogP contribution in [0.1, 0.15) is 15.9 Å². The maximum atomic E-state index is 12.1. The monoisotopic (exact) mass is 377 g/mol.